The summed E-state index contributed by atoms with van der Waals surface area (Å²) in [6, 6.07) is 15.7. The van der Waals surface area contributed by atoms with Crippen molar-refractivity contribution in [2.45, 2.75) is 10.6 Å². The third kappa shape index (κ3) is 2.53. The molecule has 0 fully saturated rings. The molecule has 2 aromatic carbocycles. The first-order valence-electron chi connectivity index (χ1n) is 7.35. The number of hydrogen-bond acceptors (Lipinski definition) is 4. The zero-order valence-electron chi connectivity index (χ0n) is 12.8. The van der Waals surface area contributed by atoms with E-state index >= 15 is 0 Å². The Labute approximate surface area is 150 Å². The van der Waals surface area contributed by atoms with Crippen molar-refractivity contribution in [3.8, 4) is 0 Å². The minimum Gasteiger partial charge on any atom is -0.279 e. The van der Waals surface area contributed by atoms with Crippen LogP contribution in [0.4, 0.5) is 0 Å². The summed E-state index contributed by atoms with van der Waals surface area (Å²) in [4.78, 5) is 13.6. The van der Waals surface area contributed by atoms with E-state index in [4.69, 9.17) is 0 Å². The first kappa shape index (κ1) is 15.4. The van der Waals surface area contributed by atoms with Gasteiger partial charge < -0.3 is 0 Å². The summed E-state index contributed by atoms with van der Waals surface area (Å²) in [6.07, 6.45) is 0. The second kappa shape index (κ2) is 6.07. The molecule has 7 heteroatoms. The lowest BCUT2D eigenvalue weighted by Crippen LogP contribution is -2.20. The van der Waals surface area contributed by atoms with E-state index in [0.717, 1.165) is 20.7 Å². The van der Waals surface area contributed by atoms with E-state index in [1.807, 2.05) is 40.8 Å². The van der Waals surface area contributed by atoms with Crippen molar-refractivity contribution in [2.24, 2.45) is 7.05 Å². The van der Waals surface area contributed by atoms with E-state index in [-0.39, 0.29) is 5.56 Å². The van der Waals surface area contributed by atoms with Gasteiger partial charge in [0, 0.05) is 16.4 Å². The maximum atomic E-state index is 12.4. The highest BCUT2D eigenvalue weighted by Gasteiger charge is 2.14. The van der Waals surface area contributed by atoms with Crippen LogP contribution < -0.4 is 5.56 Å². The maximum Gasteiger partial charge on any atom is 0.262 e. The molecule has 0 amide bonds. The van der Waals surface area contributed by atoms with Gasteiger partial charge >= 0.3 is 0 Å². The van der Waals surface area contributed by atoms with Gasteiger partial charge in [0.2, 0.25) is 5.78 Å². The number of thioether (sulfide) groups is 1. The summed E-state index contributed by atoms with van der Waals surface area (Å²) < 4.78 is 4.56. The van der Waals surface area contributed by atoms with Gasteiger partial charge in [0.25, 0.3) is 5.56 Å². The van der Waals surface area contributed by atoms with Gasteiger partial charge in [-0.05, 0) is 36.4 Å². The lowest BCUT2D eigenvalue weighted by Gasteiger charge is -2.07. The highest BCUT2D eigenvalue weighted by Crippen LogP contribution is 2.25. The number of hydrogen-bond donors (Lipinski definition) is 0. The first-order valence-corrected chi connectivity index (χ1v) is 9.13. The van der Waals surface area contributed by atoms with Crippen molar-refractivity contribution in [1.82, 2.24) is 19.2 Å². The lowest BCUT2D eigenvalue weighted by molar-refractivity contribution is 0.858. The van der Waals surface area contributed by atoms with Crippen LogP contribution in [0.25, 0.3) is 16.7 Å². The van der Waals surface area contributed by atoms with Crippen LogP contribution in [-0.2, 0) is 12.8 Å². The van der Waals surface area contributed by atoms with E-state index in [2.05, 4.69) is 38.3 Å². The van der Waals surface area contributed by atoms with E-state index in [9.17, 15) is 4.79 Å². The number of nitrogens with zero attached hydrogens (tertiary/aromatic N) is 4. The smallest absolute Gasteiger partial charge is 0.262 e. The Balaban J connectivity index is 1.82. The molecule has 2 aromatic heterocycles. The van der Waals surface area contributed by atoms with Gasteiger partial charge in [0.05, 0.1) is 16.7 Å². The molecule has 0 radical (unpaired) electrons. The molecule has 5 nitrogen and oxygen atoms in total. The summed E-state index contributed by atoms with van der Waals surface area (Å²) in [6.45, 7) is 0. The van der Waals surface area contributed by atoms with Crippen molar-refractivity contribution in [3.05, 3.63) is 69.2 Å². The van der Waals surface area contributed by atoms with Crippen molar-refractivity contribution in [3.63, 3.8) is 0 Å². The highest BCUT2D eigenvalue weighted by atomic mass is 79.9. The van der Waals surface area contributed by atoms with Crippen molar-refractivity contribution in [1.29, 1.82) is 0 Å². The molecule has 4 rings (SSSR count). The summed E-state index contributed by atoms with van der Waals surface area (Å²) in [5, 5.41) is 9.18. The fourth-order valence-corrected chi connectivity index (χ4v) is 3.74. The third-order valence-corrected chi connectivity index (χ3v) is 5.41. The van der Waals surface area contributed by atoms with Crippen LogP contribution in [0.5, 0.6) is 0 Å². The average Bonchev–Trinajstić information content (AvgIpc) is 3.03. The van der Waals surface area contributed by atoms with Gasteiger partial charge in [0.15, 0.2) is 0 Å². The molecule has 0 bridgehead atoms. The van der Waals surface area contributed by atoms with Gasteiger partial charge in [-0.25, -0.2) is 0 Å². The molecule has 4 aromatic rings. The number of aryl methyl sites for hydroxylation is 1. The van der Waals surface area contributed by atoms with E-state index in [1.54, 1.807) is 23.4 Å². The molecule has 120 valence electrons. The normalized spacial score (nSPS) is 11.4. The predicted octanol–water partition coefficient (Wildman–Crippen LogP) is 3.64. The van der Waals surface area contributed by atoms with Crippen LogP contribution in [0.1, 0.15) is 5.82 Å². The Morgan fingerprint density at radius 3 is 2.62 bits per heavy atom. The predicted molar refractivity (Wildman–Crippen MR) is 99.4 cm³/mol. The number of aromatic nitrogens is 4. The fraction of sp³-hybridized carbons (Fsp3) is 0.118. The molecule has 0 saturated carbocycles. The molecule has 24 heavy (non-hydrogen) atoms. The Bertz CT molecular complexity index is 1100. The fourth-order valence-electron chi connectivity index (χ4n) is 2.66. The maximum absolute atomic E-state index is 12.4. The van der Waals surface area contributed by atoms with Crippen LogP contribution >= 0.6 is 27.7 Å². The van der Waals surface area contributed by atoms with Gasteiger partial charge in [-0.2, -0.15) is 0 Å². The first-order chi connectivity index (χ1) is 11.6. The second-order valence-electron chi connectivity index (χ2n) is 5.38. The monoisotopic (exact) mass is 400 g/mol. The van der Waals surface area contributed by atoms with Crippen LogP contribution in [0.3, 0.4) is 0 Å². The standard InChI is InChI=1S/C17H13BrN4OS/c1-21-16(23)13-4-2-3-5-14(13)22-15(19-20-17(21)22)10-24-12-8-6-11(18)7-9-12/h2-9H,10H2,1H3. The molecule has 0 aliphatic rings. The topological polar surface area (TPSA) is 52.2 Å². The van der Waals surface area contributed by atoms with Crippen molar-refractivity contribution < 1.29 is 0 Å². The van der Waals surface area contributed by atoms with Crippen LogP contribution in [0.2, 0.25) is 0 Å². The van der Waals surface area contributed by atoms with Crippen LogP contribution in [-0.4, -0.2) is 19.2 Å². The van der Waals surface area contributed by atoms with E-state index < -0.39 is 0 Å². The zero-order valence-corrected chi connectivity index (χ0v) is 15.2. The van der Waals surface area contributed by atoms with E-state index in [1.165, 1.54) is 0 Å². The molecule has 0 N–H and O–H groups in total. The summed E-state index contributed by atoms with van der Waals surface area (Å²) in [5.41, 5.74) is 0.782. The SMILES string of the molecule is Cn1c(=O)c2ccccc2n2c(CSc3ccc(Br)cc3)nnc12. The quantitative estimate of drug-likeness (QED) is 0.492. The zero-order chi connectivity index (χ0) is 16.7. The number of rotatable bonds is 3. The number of para-hydroxylation sites is 1. The van der Waals surface area contributed by atoms with Gasteiger partial charge in [-0.3, -0.25) is 13.8 Å². The highest BCUT2D eigenvalue weighted by molar-refractivity contribution is 9.10. The summed E-state index contributed by atoms with van der Waals surface area (Å²) in [7, 11) is 1.73. The largest absolute Gasteiger partial charge is 0.279 e. The number of benzene rings is 2. The minimum atomic E-state index is -0.0578. The molecule has 0 atom stereocenters. The molecule has 0 spiro atoms. The summed E-state index contributed by atoms with van der Waals surface area (Å²) in [5.74, 6) is 2.06. The molecule has 0 aliphatic carbocycles. The number of halogens is 1. The Morgan fingerprint density at radius 2 is 1.83 bits per heavy atom. The summed E-state index contributed by atoms with van der Waals surface area (Å²) >= 11 is 5.13. The molecule has 2 heterocycles. The Morgan fingerprint density at radius 1 is 1.08 bits per heavy atom. The average molecular weight is 401 g/mol. The Kier molecular flexibility index (Phi) is 3.90. The molecule has 0 aliphatic heterocycles. The van der Waals surface area contributed by atoms with Gasteiger partial charge in [-0.15, -0.1) is 22.0 Å². The number of fused-ring (bicyclic) bond motifs is 3. The Hall–Kier alpha value is -2.12. The van der Waals surface area contributed by atoms with E-state index in [0.29, 0.717) is 16.9 Å². The molecule has 0 saturated heterocycles. The second-order valence-corrected chi connectivity index (χ2v) is 7.34. The van der Waals surface area contributed by atoms with Gasteiger partial charge in [0.1, 0.15) is 5.82 Å². The third-order valence-electron chi connectivity index (χ3n) is 3.87. The van der Waals surface area contributed by atoms with Crippen molar-refractivity contribution in [2.75, 3.05) is 0 Å². The van der Waals surface area contributed by atoms with Crippen LogP contribution in [0.15, 0.2) is 62.7 Å². The van der Waals surface area contributed by atoms with Gasteiger partial charge in [-0.1, -0.05) is 28.1 Å². The lowest BCUT2D eigenvalue weighted by atomic mass is 10.2. The van der Waals surface area contributed by atoms with Crippen molar-refractivity contribution >= 4 is 44.4 Å². The molecular weight excluding hydrogens is 388 g/mol. The molecule has 0 unspecified atom stereocenters. The molecular formula is C17H13BrN4OS. The minimum absolute atomic E-state index is 0.0578. The van der Waals surface area contributed by atoms with Crippen LogP contribution in [0, 0.1) is 0 Å².